The highest BCUT2D eigenvalue weighted by molar-refractivity contribution is 7.80. The number of hydrogen-bond donors (Lipinski definition) is 3. The van der Waals surface area contributed by atoms with E-state index in [-0.39, 0.29) is 6.03 Å². The lowest BCUT2D eigenvalue weighted by atomic mass is 10.3. The quantitative estimate of drug-likeness (QED) is 0.759. The van der Waals surface area contributed by atoms with Crippen LogP contribution in [-0.2, 0) is 0 Å². The van der Waals surface area contributed by atoms with Crippen LogP contribution in [0.3, 0.4) is 0 Å². The highest BCUT2D eigenvalue weighted by atomic mass is 32.1. The molecule has 21 heavy (non-hydrogen) atoms. The molecule has 3 rings (SSSR count). The molecule has 2 N–H and O–H groups in total. The van der Waals surface area contributed by atoms with E-state index in [1.807, 2.05) is 18.2 Å². The van der Waals surface area contributed by atoms with Crippen molar-refractivity contribution in [3.63, 3.8) is 0 Å². The van der Waals surface area contributed by atoms with E-state index in [0.717, 1.165) is 34.7 Å². The topological polar surface area (TPSA) is 57.3 Å². The Hall–Kier alpha value is -1.31. The minimum absolute atomic E-state index is 0.195. The molecule has 0 unspecified atom stereocenters. The van der Waals surface area contributed by atoms with Gasteiger partial charge < -0.3 is 10.2 Å². The SMILES string of the molecule is O=C(NCCN1CCCC1)Nc1nc2ccc(S)cc2s1. The van der Waals surface area contributed by atoms with E-state index in [0.29, 0.717) is 11.7 Å². The number of urea groups is 1. The molecule has 0 radical (unpaired) electrons. The number of carbonyl (C=O) groups is 1. The largest absolute Gasteiger partial charge is 0.337 e. The van der Waals surface area contributed by atoms with Crippen LogP contribution in [0.2, 0.25) is 0 Å². The van der Waals surface area contributed by atoms with Gasteiger partial charge in [0.25, 0.3) is 0 Å². The summed E-state index contributed by atoms with van der Waals surface area (Å²) in [5, 5.41) is 6.28. The summed E-state index contributed by atoms with van der Waals surface area (Å²) in [4.78, 5) is 19.5. The maximum absolute atomic E-state index is 11.8. The minimum atomic E-state index is -0.195. The number of amides is 2. The van der Waals surface area contributed by atoms with Gasteiger partial charge in [0, 0.05) is 18.0 Å². The van der Waals surface area contributed by atoms with Gasteiger partial charge in [-0.1, -0.05) is 11.3 Å². The van der Waals surface area contributed by atoms with E-state index in [1.165, 1.54) is 24.2 Å². The van der Waals surface area contributed by atoms with Gasteiger partial charge in [-0.2, -0.15) is 0 Å². The van der Waals surface area contributed by atoms with Crippen molar-refractivity contribution in [3.05, 3.63) is 18.2 Å². The molecule has 1 aliphatic heterocycles. The summed E-state index contributed by atoms with van der Waals surface area (Å²) >= 11 is 5.76. The lowest BCUT2D eigenvalue weighted by Gasteiger charge is -2.14. The molecule has 5 nitrogen and oxygen atoms in total. The summed E-state index contributed by atoms with van der Waals surface area (Å²) in [6.07, 6.45) is 2.54. The molecule has 0 aliphatic carbocycles. The molecule has 1 aromatic heterocycles. The van der Waals surface area contributed by atoms with Crippen molar-refractivity contribution in [2.75, 3.05) is 31.5 Å². The van der Waals surface area contributed by atoms with Crippen molar-refractivity contribution < 1.29 is 4.79 Å². The zero-order valence-electron chi connectivity index (χ0n) is 11.6. The number of nitrogens with zero attached hydrogens (tertiary/aromatic N) is 2. The number of rotatable bonds is 4. The molecule has 112 valence electrons. The number of likely N-dealkylation sites (tertiary alicyclic amines) is 1. The number of hydrogen-bond acceptors (Lipinski definition) is 5. The van der Waals surface area contributed by atoms with Crippen molar-refractivity contribution in [2.24, 2.45) is 0 Å². The summed E-state index contributed by atoms with van der Waals surface area (Å²) in [5.41, 5.74) is 0.880. The second-order valence-electron chi connectivity index (χ2n) is 5.10. The van der Waals surface area contributed by atoms with Crippen LogP contribution in [0.4, 0.5) is 9.93 Å². The Balaban J connectivity index is 1.51. The van der Waals surface area contributed by atoms with Gasteiger partial charge in [-0.05, 0) is 44.1 Å². The third-order valence-electron chi connectivity index (χ3n) is 3.50. The van der Waals surface area contributed by atoms with Crippen LogP contribution >= 0.6 is 24.0 Å². The average Bonchev–Trinajstić information content (AvgIpc) is 3.07. The maximum Gasteiger partial charge on any atom is 0.321 e. The average molecular weight is 322 g/mol. The molecule has 0 saturated carbocycles. The second-order valence-corrected chi connectivity index (χ2v) is 6.65. The van der Waals surface area contributed by atoms with Crippen LogP contribution in [-0.4, -0.2) is 42.1 Å². The van der Waals surface area contributed by atoms with Crippen molar-refractivity contribution in [1.29, 1.82) is 0 Å². The first-order valence-corrected chi connectivity index (χ1v) is 8.34. The Morgan fingerprint density at radius 1 is 1.38 bits per heavy atom. The molecule has 0 spiro atoms. The molecule has 0 bridgehead atoms. The summed E-state index contributed by atoms with van der Waals surface area (Å²) in [7, 11) is 0. The number of carbonyl (C=O) groups excluding carboxylic acids is 1. The monoisotopic (exact) mass is 322 g/mol. The minimum Gasteiger partial charge on any atom is -0.337 e. The number of aromatic nitrogens is 1. The Morgan fingerprint density at radius 3 is 3.00 bits per heavy atom. The fourth-order valence-electron chi connectivity index (χ4n) is 2.44. The Morgan fingerprint density at radius 2 is 2.19 bits per heavy atom. The third kappa shape index (κ3) is 3.87. The van der Waals surface area contributed by atoms with Crippen LogP contribution in [0.5, 0.6) is 0 Å². The van der Waals surface area contributed by atoms with E-state index in [1.54, 1.807) is 0 Å². The molecule has 2 heterocycles. The van der Waals surface area contributed by atoms with Gasteiger partial charge in [0.05, 0.1) is 10.2 Å². The molecule has 1 saturated heterocycles. The Labute approximate surface area is 133 Å². The molecular weight excluding hydrogens is 304 g/mol. The Bertz CT molecular complexity index is 637. The normalized spacial score (nSPS) is 15.5. The van der Waals surface area contributed by atoms with Crippen molar-refractivity contribution in [2.45, 2.75) is 17.7 Å². The molecule has 1 fully saturated rings. The first kappa shape index (κ1) is 14.6. The highest BCUT2D eigenvalue weighted by Gasteiger charge is 2.12. The molecular formula is C14H18N4OS2. The van der Waals surface area contributed by atoms with E-state index >= 15 is 0 Å². The number of anilines is 1. The molecule has 0 atom stereocenters. The van der Waals surface area contributed by atoms with Crippen molar-refractivity contribution >= 4 is 45.3 Å². The van der Waals surface area contributed by atoms with Gasteiger partial charge in [-0.15, -0.1) is 12.6 Å². The smallest absolute Gasteiger partial charge is 0.321 e. The van der Waals surface area contributed by atoms with Gasteiger partial charge in [0.1, 0.15) is 0 Å². The summed E-state index contributed by atoms with van der Waals surface area (Å²) in [6.45, 7) is 3.87. The maximum atomic E-state index is 11.8. The number of thiazole rings is 1. The van der Waals surface area contributed by atoms with Crippen LogP contribution in [0.1, 0.15) is 12.8 Å². The second kappa shape index (κ2) is 6.64. The first-order valence-electron chi connectivity index (χ1n) is 7.07. The lowest BCUT2D eigenvalue weighted by molar-refractivity contribution is 0.249. The number of nitrogens with one attached hydrogen (secondary N) is 2. The van der Waals surface area contributed by atoms with E-state index < -0.39 is 0 Å². The standard InChI is InChI=1S/C14H18N4OS2/c19-13(15-5-8-18-6-1-2-7-18)17-14-16-11-4-3-10(20)9-12(11)21-14/h3-4,9,20H,1-2,5-8H2,(H2,15,16,17,19). The summed E-state index contributed by atoms with van der Waals surface area (Å²) in [5.74, 6) is 0. The van der Waals surface area contributed by atoms with Gasteiger partial charge in [0.15, 0.2) is 5.13 Å². The van der Waals surface area contributed by atoms with Gasteiger partial charge in [-0.3, -0.25) is 5.32 Å². The molecule has 2 aromatic rings. The molecule has 2 amide bonds. The van der Waals surface area contributed by atoms with Crippen LogP contribution < -0.4 is 10.6 Å². The fraction of sp³-hybridized carbons (Fsp3) is 0.429. The van der Waals surface area contributed by atoms with E-state index in [4.69, 9.17) is 0 Å². The third-order valence-corrected chi connectivity index (χ3v) is 4.72. The van der Waals surface area contributed by atoms with Gasteiger partial charge >= 0.3 is 6.03 Å². The van der Waals surface area contributed by atoms with Gasteiger partial charge in [-0.25, -0.2) is 9.78 Å². The summed E-state index contributed by atoms with van der Waals surface area (Å²) < 4.78 is 1.02. The summed E-state index contributed by atoms with van der Waals surface area (Å²) in [6, 6.07) is 5.56. The molecule has 7 heteroatoms. The van der Waals surface area contributed by atoms with Crippen molar-refractivity contribution in [3.8, 4) is 0 Å². The predicted molar refractivity (Wildman–Crippen MR) is 89.6 cm³/mol. The number of thiol groups is 1. The zero-order chi connectivity index (χ0) is 14.7. The van der Waals surface area contributed by atoms with E-state index in [2.05, 4.69) is 33.1 Å². The Kier molecular flexibility index (Phi) is 4.62. The lowest BCUT2D eigenvalue weighted by Crippen LogP contribution is -2.35. The zero-order valence-corrected chi connectivity index (χ0v) is 13.3. The van der Waals surface area contributed by atoms with Crippen LogP contribution in [0.15, 0.2) is 23.1 Å². The van der Waals surface area contributed by atoms with Crippen LogP contribution in [0.25, 0.3) is 10.2 Å². The van der Waals surface area contributed by atoms with Crippen LogP contribution in [0, 0.1) is 0 Å². The number of benzene rings is 1. The number of fused-ring (bicyclic) bond motifs is 1. The molecule has 1 aromatic carbocycles. The first-order chi connectivity index (χ1) is 10.2. The van der Waals surface area contributed by atoms with Crippen molar-refractivity contribution in [1.82, 2.24) is 15.2 Å². The predicted octanol–water partition coefficient (Wildman–Crippen LogP) is 2.80. The molecule has 1 aliphatic rings. The fourth-order valence-corrected chi connectivity index (χ4v) is 3.63. The van der Waals surface area contributed by atoms with Gasteiger partial charge in [0.2, 0.25) is 0 Å². The van der Waals surface area contributed by atoms with E-state index in [9.17, 15) is 4.79 Å². The highest BCUT2D eigenvalue weighted by Crippen LogP contribution is 2.27.